The zero-order valence-corrected chi connectivity index (χ0v) is 12.0. The minimum absolute atomic E-state index is 0.0103. The van der Waals surface area contributed by atoms with Crippen molar-refractivity contribution in [1.29, 1.82) is 0 Å². The Balaban J connectivity index is 1.68. The maximum Gasteiger partial charge on any atom is 0.225 e. The summed E-state index contributed by atoms with van der Waals surface area (Å²) >= 11 is 0. The number of amides is 1. The SMILES string of the molecule is O=C(CC1C=CS(=O)(=O)C1)Nc1cnc2ccccc2c1. The topological polar surface area (TPSA) is 76.1 Å². The standard InChI is InChI=1S/C15H14N2O3S/c18-15(7-11-5-6-21(19,20)10-11)17-13-8-12-3-1-2-4-14(12)16-9-13/h1-6,8-9,11H,7,10H2,(H,17,18). The zero-order chi connectivity index (χ0) is 14.9. The molecule has 0 spiro atoms. The summed E-state index contributed by atoms with van der Waals surface area (Å²) in [5, 5.41) is 4.88. The lowest BCUT2D eigenvalue weighted by Crippen LogP contribution is -2.17. The van der Waals surface area contributed by atoms with Crippen LogP contribution in [0.15, 0.2) is 48.0 Å². The molecule has 0 bridgehead atoms. The van der Waals surface area contributed by atoms with E-state index < -0.39 is 9.84 Å². The Hall–Kier alpha value is -2.21. The third-order valence-corrected chi connectivity index (χ3v) is 4.79. The van der Waals surface area contributed by atoms with E-state index in [0.717, 1.165) is 10.9 Å². The van der Waals surface area contributed by atoms with Crippen molar-refractivity contribution < 1.29 is 13.2 Å². The number of benzene rings is 1. The molecule has 108 valence electrons. The predicted octanol–water partition coefficient (Wildman–Crippen LogP) is 2.12. The van der Waals surface area contributed by atoms with Crippen LogP contribution in [0.3, 0.4) is 0 Å². The Morgan fingerprint density at radius 2 is 2.14 bits per heavy atom. The van der Waals surface area contributed by atoms with Gasteiger partial charge in [-0.2, -0.15) is 0 Å². The largest absolute Gasteiger partial charge is 0.325 e. The van der Waals surface area contributed by atoms with Gasteiger partial charge in [0.05, 0.1) is 23.2 Å². The van der Waals surface area contributed by atoms with Crippen molar-refractivity contribution in [3.8, 4) is 0 Å². The van der Waals surface area contributed by atoms with Gasteiger partial charge in [-0.05, 0) is 12.1 Å². The lowest BCUT2D eigenvalue weighted by atomic mass is 10.1. The number of aromatic nitrogens is 1. The van der Waals surface area contributed by atoms with Gasteiger partial charge in [0.1, 0.15) is 0 Å². The zero-order valence-electron chi connectivity index (χ0n) is 11.2. The highest BCUT2D eigenvalue weighted by atomic mass is 32.2. The van der Waals surface area contributed by atoms with Crippen molar-refractivity contribution in [2.24, 2.45) is 5.92 Å². The Kier molecular flexibility index (Phi) is 3.47. The van der Waals surface area contributed by atoms with Gasteiger partial charge in [-0.25, -0.2) is 8.42 Å². The van der Waals surface area contributed by atoms with Crippen molar-refractivity contribution in [2.45, 2.75) is 6.42 Å². The second kappa shape index (κ2) is 5.29. The van der Waals surface area contributed by atoms with Gasteiger partial charge in [0.15, 0.2) is 9.84 Å². The number of hydrogen-bond donors (Lipinski definition) is 1. The molecule has 1 aliphatic rings. The number of nitrogens with one attached hydrogen (secondary N) is 1. The number of nitrogens with zero attached hydrogens (tertiary/aromatic N) is 1. The highest BCUT2D eigenvalue weighted by Crippen LogP contribution is 2.20. The molecule has 2 aromatic rings. The molecule has 5 nitrogen and oxygen atoms in total. The third-order valence-electron chi connectivity index (χ3n) is 3.33. The van der Waals surface area contributed by atoms with E-state index in [-0.39, 0.29) is 24.0 Å². The highest BCUT2D eigenvalue weighted by Gasteiger charge is 2.23. The van der Waals surface area contributed by atoms with Crippen LogP contribution in [0.1, 0.15) is 6.42 Å². The molecule has 0 radical (unpaired) electrons. The first-order valence-electron chi connectivity index (χ1n) is 6.57. The van der Waals surface area contributed by atoms with E-state index in [1.165, 1.54) is 5.41 Å². The molecule has 1 N–H and O–H groups in total. The lowest BCUT2D eigenvalue weighted by Gasteiger charge is -2.08. The monoisotopic (exact) mass is 302 g/mol. The molecule has 1 amide bonds. The van der Waals surface area contributed by atoms with Crippen molar-refractivity contribution in [3.63, 3.8) is 0 Å². The molecule has 0 saturated carbocycles. The smallest absolute Gasteiger partial charge is 0.225 e. The average molecular weight is 302 g/mol. The summed E-state index contributed by atoms with van der Waals surface area (Å²) in [6.45, 7) is 0. The number of pyridine rings is 1. The lowest BCUT2D eigenvalue weighted by molar-refractivity contribution is -0.116. The first kappa shape index (κ1) is 13.8. The number of carbonyl (C=O) groups excluding carboxylic acids is 1. The second-order valence-corrected chi connectivity index (χ2v) is 7.02. The van der Waals surface area contributed by atoms with E-state index in [9.17, 15) is 13.2 Å². The Morgan fingerprint density at radius 1 is 1.33 bits per heavy atom. The number of rotatable bonds is 3. The molecule has 1 atom stereocenters. The van der Waals surface area contributed by atoms with Gasteiger partial charge in [0.2, 0.25) is 5.91 Å². The maximum atomic E-state index is 11.9. The Morgan fingerprint density at radius 3 is 2.90 bits per heavy atom. The molecule has 0 saturated heterocycles. The number of hydrogen-bond acceptors (Lipinski definition) is 4. The van der Waals surface area contributed by atoms with Crippen LogP contribution in [0, 0.1) is 5.92 Å². The molecule has 3 rings (SSSR count). The van der Waals surface area contributed by atoms with E-state index in [1.807, 2.05) is 30.3 Å². The van der Waals surface area contributed by atoms with Gasteiger partial charge in [-0.15, -0.1) is 0 Å². The van der Waals surface area contributed by atoms with E-state index in [2.05, 4.69) is 10.3 Å². The van der Waals surface area contributed by atoms with Crippen LogP contribution in [0.4, 0.5) is 5.69 Å². The Labute approximate surface area is 122 Å². The molecule has 0 aliphatic carbocycles. The normalized spacial score (nSPS) is 19.7. The molecule has 0 fully saturated rings. The van der Waals surface area contributed by atoms with Gasteiger partial charge in [0, 0.05) is 23.1 Å². The molecule has 1 unspecified atom stereocenters. The van der Waals surface area contributed by atoms with Crippen LogP contribution in [0.2, 0.25) is 0 Å². The molecule has 1 aromatic heterocycles. The van der Waals surface area contributed by atoms with E-state index >= 15 is 0 Å². The summed E-state index contributed by atoms with van der Waals surface area (Å²) in [6, 6.07) is 9.48. The summed E-state index contributed by atoms with van der Waals surface area (Å²) in [5.41, 5.74) is 1.48. The third kappa shape index (κ3) is 3.28. The quantitative estimate of drug-likeness (QED) is 0.942. The highest BCUT2D eigenvalue weighted by molar-refractivity contribution is 7.94. The van der Waals surface area contributed by atoms with E-state index in [4.69, 9.17) is 0 Å². The average Bonchev–Trinajstić information content (AvgIpc) is 2.77. The summed E-state index contributed by atoms with van der Waals surface area (Å²) < 4.78 is 22.6. The fourth-order valence-electron chi connectivity index (χ4n) is 2.36. The fraction of sp³-hybridized carbons (Fsp3) is 0.200. The minimum Gasteiger partial charge on any atom is -0.325 e. The number of allylic oxidation sites excluding steroid dienone is 1. The molecule has 21 heavy (non-hydrogen) atoms. The molecular formula is C15H14N2O3S. The minimum atomic E-state index is -3.12. The number of para-hydroxylation sites is 1. The first-order chi connectivity index (χ1) is 10.0. The predicted molar refractivity (Wildman–Crippen MR) is 81.4 cm³/mol. The van der Waals surface area contributed by atoms with Crippen molar-refractivity contribution >= 4 is 32.3 Å². The van der Waals surface area contributed by atoms with Crippen molar-refractivity contribution in [2.75, 3.05) is 11.1 Å². The van der Waals surface area contributed by atoms with Gasteiger partial charge < -0.3 is 5.32 Å². The maximum absolute atomic E-state index is 11.9. The van der Waals surface area contributed by atoms with Crippen LogP contribution in [0.5, 0.6) is 0 Å². The van der Waals surface area contributed by atoms with Crippen LogP contribution < -0.4 is 5.32 Å². The second-order valence-electron chi connectivity index (χ2n) is 5.09. The van der Waals surface area contributed by atoms with Crippen LogP contribution >= 0.6 is 0 Å². The molecule has 6 heteroatoms. The number of carbonyl (C=O) groups is 1. The van der Waals surface area contributed by atoms with Crippen LogP contribution in [-0.2, 0) is 14.6 Å². The van der Waals surface area contributed by atoms with E-state index in [1.54, 1.807) is 12.3 Å². The van der Waals surface area contributed by atoms with E-state index in [0.29, 0.717) is 5.69 Å². The Bertz CT molecular complexity index is 828. The van der Waals surface area contributed by atoms with Gasteiger partial charge >= 0.3 is 0 Å². The number of anilines is 1. The van der Waals surface area contributed by atoms with Gasteiger partial charge in [-0.1, -0.05) is 24.3 Å². The summed E-state index contributed by atoms with van der Waals surface area (Å²) in [6.07, 6.45) is 3.33. The first-order valence-corrected chi connectivity index (χ1v) is 8.29. The molecular weight excluding hydrogens is 288 g/mol. The van der Waals surface area contributed by atoms with Crippen molar-refractivity contribution in [3.05, 3.63) is 48.0 Å². The summed E-state index contributed by atoms with van der Waals surface area (Å²) in [4.78, 5) is 16.2. The van der Waals surface area contributed by atoms with Gasteiger partial charge in [0.25, 0.3) is 0 Å². The molecule has 1 aromatic carbocycles. The van der Waals surface area contributed by atoms with Crippen molar-refractivity contribution in [1.82, 2.24) is 4.98 Å². The summed E-state index contributed by atoms with van der Waals surface area (Å²) in [7, 11) is -3.12. The fourth-order valence-corrected chi connectivity index (χ4v) is 3.76. The van der Waals surface area contributed by atoms with Crippen LogP contribution in [-0.4, -0.2) is 25.1 Å². The van der Waals surface area contributed by atoms with Gasteiger partial charge in [-0.3, -0.25) is 9.78 Å². The number of fused-ring (bicyclic) bond motifs is 1. The molecule has 1 aliphatic heterocycles. The van der Waals surface area contributed by atoms with Crippen LogP contribution in [0.25, 0.3) is 10.9 Å². The number of sulfone groups is 1. The molecule has 2 heterocycles. The summed E-state index contributed by atoms with van der Waals surface area (Å²) in [5.74, 6) is -0.446.